The van der Waals surface area contributed by atoms with Gasteiger partial charge in [-0.25, -0.2) is 0 Å². The third-order valence-corrected chi connectivity index (χ3v) is 5.61. The second-order valence-electron chi connectivity index (χ2n) is 4.42. The monoisotopic (exact) mass is 319 g/mol. The molecule has 0 aliphatic heterocycles. The van der Waals surface area contributed by atoms with Crippen LogP contribution in [0, 0.1) is 0 Å². The molecule has 1 heterocycles. The molecule has 0 amide bonds. The van der Waals surface area contributed by atoms with Crippen LogP contribution in [0.25, 0.3) is 0 Å². The maximum atomic E-state index is 10.7. The minimum absolute atomic E-state index is 0.198. The van der Waals surface area contributed by atoms with Gasteiger partial charge in [0.1, 0.15) is 6.10 Å². The van der Waals surface area contributed by atoms with E-state index >= 15 is 0 Å². The molecule has 0 aliphatic rings. The van der Waals surface area contributed by atoms with Crippen LogP contribution in [-0.2, 0) is 0 Å². The van der Waals surface area contributed by atoms with Crippen molar-refractivity contribution in [2.45, 2.75) is 45.8 Å². The minimum Gasteiger partial charge on any atom is -0.386 e. The Bertz CT molecular complexity index is 351. The van der Waals surface area contributed by atoms with E-state index in [0.717, 1.165) is 28.9 Å². The van der Waals surface area contributed by atoms with E-state index in [2.05, 4.69) is 48.5 Å². The van der Waals surface area contributed by atoms with E-state index in [4.69, 9.17) is 0 Å². The fraction of sp³-hybridized carbons (Fsp3) is 0.692. The van der Waals surface area contributed by atoms with Gasteiger partial charge in [0.15, 0.2) is 0 Å². The van der Waals surface area contributed by atoms with Crippen LogP contribution in [0.3, 0.4) is 0 Å². The minimum atomic E-state index is -0.443. The first-order chi connectivity index (χ1) is 8.01. The first-order valence-corrected chi connectivity index (χ1v) is 7.84. The van der Waals surface area contributed by atoms with Crippen LogP contribution in [0.5, 0.6) is 0 Å². The van der Waals surface area contributed by atoms with Gasteiger partial charge in [0.05, 0.1) is 0 Å². The summed E-state index contributed by atoms with van der Waals surface area (Å²) in [5, 5.41) is 12.7. The van der Waals surface area contributed by atoms with Gasteiger partial charge in [0.25, 0.3) is 0 Å². The highest BCUT2D eigenvalue weighted by atomic mass is 79.9. The highest BCUT2D eigenvalue weighted by Gasteiger charge is 2.38. The fourth-order valence-corrected chi connectivity index (χ4v) is 4.04. The van der Waals surface area contributed by atoms with Crippen LogP contribution in [0.15, 0.2) is 15.9 Å². The maximum Gasteiger partial charge on any atom is 0.107 e. The topological polar surface area (TPSA) is 23.5 Å². The lowest BCUT2D eigenvalue weighted by Crippen LogP contribution is -2.50. The van der Waals surface area contributed by atoms with Gasteiger partial charge in [-0.05, 0) is 53.8 Å². The Hall–Kier alpha value is 0.100. The molecule has 2 unspecified atom stereocenters. The summed E-state index contributed by atoms with van der Waals surface area (Å²) in [4.78, 5) is 3.37. The smallest absolute Gasteiger partial charge is 0.107 e. The first-order valence-electron chi connectivity index (χ1n) is 6.17. The molecule has 0 fully saturated rings. The third-order valence-electron chi connectivity index (χ3n) is 3.68. The van der Waals surface area contributed by atoms with Crippen molar-refractivity contribution in [1.82, 2.24) is 4.90 Å². The number of thiophene rings is 1. The largest absolute Gasteiger partial charge is 0.386 e. The lowest BCUT2D eigenvalue weighted by molar-refractivity contribution is -0.0197. The van der Waals surface area contributed by atoms with Gasteiger partial charge in [-0.15, -0.1) is 11.3 Å². The predicted octanol–water partition coefficient (Wildman–Crippen LogP) is 4.05. The summed E-state index contributed by atoms with van der Waals surface area (Å²) in [6, 6.07) is 2.00. The molecular weight excluding hydrogens is 298 g/mol. The second-order valence-corrected chi connectivity index (χ2v) is 6.22. The van der Waals surface area contributed by atoms with Gasteiger partial charge in [0, 0.05) is 14.9 Å². The average Bonchev–Trinajstić information content (AvgIpc) is 2.75. The molecule has 0 radical (unpaired) electrons. The number of rotatable bonds is 6. The molecule has 2 nitrogen and oxygen atoms in total. The number of aliphatic hydroxyl groups is 1. The molecule has 4 heteroatoms. The zero-order valence-corrected chi connectivity index (χ0v) is 13.4. The van der Waals surface area contributed by atoms with Crippen molar-refractivity contribution in [3.63, 3.8) is 0 Å². The standard InChI is InChI=1S/C13H22BrNOS/c1-5-13(4,15(6-2)7-3)12(16)11-10(14)8-9-17-11/h8-9,12,16H,5-7H2,1-4H3. The number of likely N-dealkylation sites (N-methyl/N-ethyl adjacent to an activating group) is 1. The van der Waals surface area contributed by atoms with Gasteiger partial charge in [-0.1, -0.05) is 20.8 Å². The van der Waals surface area contributed by atoms with E-state index in [1.54, 1.807) is 11.3 Å². The van der Waals surface area contributed by atoms with Crippen LogP contribution in [0.4, 0.5) is 0 Å². The van der Waals surface area contributed by atoms with Crippen molar-refractivity contribution in [3.8, 4) is 0 Å². The normalized spacial score (nSPS) is 17.1. The molecule has 0 aromatic carbocycles. The van der Waals surface area contributed by atoms with Gasteiger partial charge in [0.2, 0.25) is 0 Å². The molecule has 17 heavy (non-hydrogen) atoms. The van der Waals surface area contributed by atoms with Gasteiger partial charge in [-0.2, -0.15) is 0 Å². The van der Waals surface area contributed by atoms with Crippen molar-refractivity contribution in [3.05, 3.63) is 20.8 Å². The highest BCUT2D eigenvalue weighted by molar-refractivity contribution is 9.10. The van der Waals surface area contributed by atoms with Crippen LogP contribution in [0.2, 0.25) is 0 Å². The molecule has 0 spiro atoms. The summed E-state index contributed by atoms with van der Waals surface area (Å²) in [5.41, 5.74) is -0.198. The van der Waals surface area contributed by atoms with E-state index < -0.39 is 6.10 Å². The van der Waals surface area contributed by atoms with E-state index in [9.17, 15) is 5.11 Å². The van der Waals surface area contributed by atoms with Crippen LogP contribution in [-0.4, -0.2) is 28.6 Å². The molecule has 0 saturated heterocycles. The zero-order chi connectivity index (χ0) is 13.1. The molecule has 2 atom stereocenters. The van der Waals surface area contributed by atoms with Gasteiger partial charge < -0.3 is 5.11 Å². The molecule has 1 N–H and O–H groups in total. The number of hydrogen-bond donors (Lipinski definition) is 1. The molecule has 0 aliphatic carbocycles. The highest BCUT2D eigenvalue weighted by Crippen LogP contribution is 2.39. The van der Waals surface area contributed by atoms with Crippen molar-refractivity contribution < 1.29 is 5.11 Å². The molecule has 1 aromatic heterocycles. The summed E-state index contributed by atoms with van der Waals surface area (Å²) in [7, 11) is 0. The van der Waals surface area contributed by atoms with Crippen LogP contribution in [0.1, 0.15) is 45.1 Å². The molecular formula is C13H22BrNOS. The SMILES string of the molecule is CCN(CC)C(C)(CC)C(O)c1sccc1Br. The van der Waals surface area contributed by atoms with Crippen molar-refractivity contribution in [2.75, 3.05) is 13.1 Å². The lowest BCUT2D eigenvalue weighted by atomic mass is 9.88. The Kier molecular flexibility index (Phi) is 5.64. The second kappa shape index (κ2) is 6.32. The van der Waals surface area contributed by atoms with Gasteiger partial charge in [-0.3, -0.25) is 4.90 Å². The molecule has 0 bridgehead atoms. The van der Waals surface area contributed by atoms with E-state index in [1.165, 1.54) is 0 Å². The summed E-state index contributed by atoms with van der Waals surface area (Å²) >= 11 is 5.13. The lowest BCUT2D eigenvalue weighted by Gasteiger charge is -2.43. The summed E-state index contributed by atoms with van der Waals surface area (Å²) in [6.45, 7) is 10.5. The third kappa shape index (κ3) is 2.92. The quantitative estimate of drug-likeness (QED) is 0.854. The summed E-state index contributed by atoms with van der Waals surface area (Å²) in [6.07, 6.45) is 0.488. The zero-order valence-electron chi connectivity index (χ0n) is 11.0. The van der Waals surface area contributed by atoms with Crippen molar-refractivity contribution in [1.29, 1.82) is 0 Å². The molecule has 98 valence electrons. The van der Waals surface area contributed by atoms with E-state index in [0.29, 0.717) is 0 Å². The van der Waals surface area contributed by atoms with E-state index in [1.807, 2.05) is 11.4 Å². The number of hydrogen-bond acceptors (Lipinski definition) is 3. The fourth-order valence-electron chi connectivity index (χ4n) is 2.32. The Morgan fingerprint density at radius 1 is 1.41 bits per heavy atom. The maximum absolute atomic E-state index is 10.7. The van der Waals surface area contributed by atoms with Crippen molar-refractivity contribution >= 4 is 27.3 Å². The number of halogens is 1. The Morgan fingerprint density at radius 2 is 2.00 bits per heavy atom. The molecule has 1 rings (SSSR count). The average molecular weight is 320 g/mol. The van der Waals surface area contributed by atoms with Crippen LogP contribution < -0.4 is 0 Å². The molecule has 1 aromatic rings. The first kappa shape index (κ1) is 15.2. The van der Waals surface area contributed by atoms with Crippen molar-refractivity contribution in [2.24, 2.45) is 0 Å². The predicted molar refractivity (Wildman–Crippen MR) is 78.6 cm³/mol. The van der Waals surface area contributed by atoms with Crippen LogP contribution >= 0.6 is 27.3 Å². The number of aliphatic hydroxyl groups excluding tert-OH is 1. The number of nitrogens with zero attached hydrogens (tertiary/aromatic N) is 1. The van der Waals surface area contributed by atoms with Gasteiger partial charge >= 0.3 is 0 Å². The Morgan fingerprint density at radius 3 is 2.35 bits per heavy atom. The Balaban J connectivity index is 3.04. The molecule has 0 saturated carbocycles. The van der Waals surface area contributed by atoms with E-state index in [-0.39, 0.29) is 5.54 Å². The Labute approximate surface area is 117 Å². The summed E-state index contributed by atoms with van der Waals surface area (Å²) in [5.74, 6) is 0. The summed E-state index contributed by atoms with van der Waals surface area (Å²) < 4.78 is 1.02.